The first-order valence-electron chi connectivity index (χ1n) is 11.3. The van der Waals surface area contributed by atoms with E-state index >= 15 is 0 Å². The number of benzene rings is 4. The fourth-order valence-corrected chi connectivity index (χ4v) is 5.52. The summed E-state index contributed by atoms with van der Waals surface area (Å²) in [6, 6.07) is 30.9. The van der Waals surface area contributed by atoms with Crippen LogP contribution < -0.4 is 9.05 Å². The van der Waals surface area contributed by atoms with Crippen molar-refractivity contribution in [2.24, 2.45) is 0 Å². The number of aryl methyl sites for hydroxylation is 4. The van der Waals surface area contributed by atoms with Gasteiger partial charge in [0, 0.05) is 0 Å². The van der Waals surface area contributed by atoms with E-state index in [1.54, 1.807) is 0 Å². The molecule has 0 aliphatic heterocycles. The van der Waals surface area contributed by atoms with Gasteiger partial charge in [-0.15, -0.1) is 0 Å². The lowest BCUT2D eigenvalue weighted by Crippen LogP contribution is -2.13. The summed E-state index contributed by atoms with van der Waals surface area (Å²) in [5, 5.41) is 0. The summed E-state index contributed by atoms with van der Waals surface area (Å²) < 4.78 is 33.1. The van der Waals surface area contributed by atoms with Crippen LogP contribution in [0, 0.1) is 27.7 Å². The second-order valence-corrected chi connectivity index (χ2v) is 9.85. The van der Waals surface area contributed by atoms with Crippen molar-refractivity contribution in [3.05, 3.63) is 130 Å². The standard InChI is InChI=1S/C29H29O4P/c1-21-13-11-14-22(2)27(21)31-34(30,32-28-23(3)15-12-16-24(28)4)33-29(25-17-7-5-8-18-25)26-19-9-6-10-20-26/h5-20,29H,1-4H3. The highest BCUT2D eigenvalue weighted by Crippen LogP contribution is 2.56. The van der Waals surface area contributed by atoms with Crippen molar-refractivity contribution < 1.29 is 18.1 Å². The molecule has 0 bridgehead atoms. The highest BCUT2D eigenvalue weighted by molar-refractivity contribution is 7.49. The molecule has 5 heteroatoms. The molecule has 174 valence electrons. The molecule has 0 spiro atoms. The van der Waals surface area contributed by atoms with E-state index in [1.165, 1.54) is 0 Å². The number of phosphoric ester groups is 1. The zero-order valence-electron chi connectivity index (χ0n) is 19.9. The second kappa shape index (κ2) is 10.3. The quantitative estimate of drug-likeness (QED) is 0.242. The van der Waals surface area contributed by atoms with E-state index in [2.05, 4.69) is 0 Å². The van der Waals surface area contributed by atoms with Crippen LogP contribution in [0.15, 0.2) is 97.1 Å². The highest BCUT2D eigenvalue weighted by Gasteiger charge is 2.37. The van der Waals surface area contributed by atoms with Gasteiger partial charge < -0.3 is 9.05 Å². The molecule has 0 aliphatic carbocycles. The largest absolute Gasteiger partial charge is 0.588 e. The van der Waals surface area contributed by atoms with Crippen LogP contribution in [-0.2, 0) is 9.09 Å². The third kappa shape index (κ3) is 5.41. The van der Waals surface area contributed by atoms with Crippen molar-refractivity contribution in [3.8, 4) is 11.5 Å². The Morgan fingerprint density at radius 2 is 0.882 bits per heavy atom. The van der Waals surface area contributed by atoms with E-state index in [0.717, 1.165) is 33.4 Å². The lowest BCUT2D eigenvalue weighted by molar-refractivity contribution is 0.167. The monoisotopic (exact) mass is 472 g/mol. The third-order valence-corrected chi connectivity index (χ3v) is 6.94. The van der Waals surface area contributed by atoms with E-state index in [4.69, 9.17) is 13.6 Å². The van der Waals surface area contributed by atoms with Crippen molar-refractivity contribution in [1.82, 2.24) is 0 Å². The van der Waals surface area contributed by atoms with Gasteiger partial charge in [0.15, 0.2) is 0 Å². The molecule has 4 aromatic rings. The van der Waals surface area contributed by atoms with Crippen LogP contribution in [0.25, 0.3) is 0 Å². The lowest BCUT2D eigenvalue weighted by Gasteiger charge is -2.27. The Kier molecular flexibility index (Phi) is 7.21. The van der Waals surface area contributed by atoms with Crippen LogP contribution in [0.3, 0.4) is 0 Å². The molecular weight excluding hydrogens is 443 g/mol. The SMILES string of the molecule is Cc1cccc(C)c1OP(=O)(Oc1c(C)cccc1C)OC(c1ccccc1)c1ccccc1. The fraction of sp³-hybridized carbons (Fsp3) is 0.172. The Balaban J connectivity index is 1.81. The fourth-order valence-electron chi connectivity index (χ4n) is 3.87. The molecule has 0 saturated heterocycles. The minimum Gasteiger partial charge on any atom is -0.394 e. The third-order valence-electron chi connectivity index (χ3n) is 5.66. The summed E-state index contributed by atoms with van der Waals surface area (Å²) in [6.07, 6.45) is -0.651. The van der Waals surface area contributed by atoms with Crippen LogP contribution in [0.4, 0.5) is 0 Å². The topological polar surface area (TPSA) is 44.8 Å². The van der Waals surface area contributed by atoms with E-state index in [1.807, 2.05) is 125 Å². The van der Waals surface area contributed by atoms with Gasteiger partial charge in [0.1, 0.15) is 17.6 Å². The van der Waals surface area contributed by atoms with Gasteiger partial charge in [-0.05, 0) is 61.1 Å². The molecule has 0 aliphatic rings. The summed E-state index contributed by atoms with van der Waals surface area (Å²) in [5.74, 6) is 0.994. The summed E-state index contributed by atoms with van der Waals surface area (Å²) >= 11 is 0. The Morgan fingerprint density at radius 3 is 1.24 bits per heavy atom. The Hall–Kier alpha value is -3.33. The summed E-state index contributed by atoms with van der Waals surface area (Å²) in [5.41, 5.74) is 5.11. The van der Waals surface area contributed by atoms with Gasteiger partial charge >= 0.3 is 7.82 Å². The van der Waals surface area contributed by atoms with Crippen molar-refractivity contribution in [3.63, 3.8) is 0 Å². The molecule has 4 aromatic carbocycles. The summed E-state index contributed by atoms with van der Waals surface area (Å²) in [7, 11) is -4.16. The van der Waals surface area contributed by atoms with Crippen molar-refractivity contribution >= 4 is 7.82 Å². The molecule has 0 atom stereocenters. The predicted molar refractivity (Wildman–Crippen MR) is 137 cm³/mol. The van der Waals surface area contributed by atoms with E-state index in [-0.39, 0.29) is 0 Å². The Labute approximate surface area is 201 Å². The highest BCUT2D eigenvalue weighted by atomic mass is 31.2. The van der Waals surface area contributed by atoms with Crippen LogP contribution in [0.5, 0.6) is 11.5 Å². The molecule has 4 nitrogen and oxygen atoms in total. The predicted octanol–water partition coefficient (Wildman–Crippen LogP) is 8.29. The first-order valence-corrected chi connectivity index (χ1v) is 12.7. The van der Waals surface area contributed by atoms with Crippen molar-refractivity contribution in [2.75, 3.05) is 0 Å². The maximum atomic E-state index is 14.5. The minimum absolute atomic E-state index is 0.497. The van der Waals surface area contributed by atoms with E-state index in [9.17, 15) is 4.57 Å². The maximum Gasteiger partial charge on any atom is 0.588 e. The maximum absolute atomic E-state index is 14.5. The average Bonchev–Trinajstić information content (AvgIpc) is 2.84. The van der Waals surface area contributed by atoms with Gasteiger partial charge in [-0.25, -0.2) is 4.57 Å². The lowest BCUT2D eigenvalue weighted by atomic mass is 10.0. The molecular formula is C29H29O4P. The van der Waals surface area contributed by atoms with Gasteiger partial charge in [0.25, 0.3) is 0 Å². The number of hydrogen-bond donors (Lipinski definition) is 0. The first kappa shape index (κ1) is 23.8. The van der Waals surface area contributed by atoms with Gasteiger partial charge in [-0.1, -0.05) is 97.1 Å². The molecule has 0 aromatic heterocycles. The Bertz CT molecular complexity index is 1170. The zero-order valence-corrected chi connectivity index (χ0v) is 20.8. The molecule has 34 heavy (non-hydrogen) atoms. The Morgan fingerprint density at radius 1 is 0.529 bits per heavy atom. The molecule has 0 saturated carbocycles. The van der Waals surface area contributed by atoms with Gasteiger partial charge in [0.2, 0.25) is 0 Å². The molecule has 0 N–H and O–H groups in total. The molecule has 0 amide bonds. The molecule has 0 radical (unpaired) electrons. The number of hydrogen-bond acceptors (Lipinski definition) is 4. The minimum atomic E-state index is -4.16. The molecule has 0 unspecified atom stereocenters. The van der Waals surface area contributed by atoms with Gasteiger partial charge in [0.05, 0.1) is 0 Å². The van der Waals surface area contributed by atoms with Crippen LogP contribution >= 0.6 is 7.82 Å². The zero-order chi connectivity index (χ0) is 24.1. The summed E-state index contributed by atoms with van der Waals surface area (Å²) in [4.78, 5) is 0. The smallest absolute Gasteiger partial charge is 0.394 e. The molecule has 4 rings (SSSR count). The second-order valence-electron chi connectivity index (χ2n) is 8.38. The normalized spacial score (nSPS) is 11.4. The van der Waals surface area contributed by atoms with Crippen LogP contribution in [-0.4, -0.2) is 0 Å². The number of para-hydroxylation sites is 2. The van der Waals surface area contributed by atoms with Gasteiger partial charge in [-0.2, -0.15) is 0 Å². The van der Waals surface area contributed by atoms with Gasteiger partial charge in [-0.3, -0.25) is 4.52 Å². The van der Waals surface area contributed by atoms with Crippen LogP contribution in [0.2, 0.25) is 0 Å². The molecule has 0 fully saturated rings. The van der Waals surface area contributed by atoms with Crippen molar-refractivity contribution in [1.29, 1.82) is 0 Å². The number of rotatable bonds is 8. The van der Waals surface area contributed by atoms with E-state index in [0.29, 0.717) is 11.5 Å². The molecule has 0 heterocycles. The number of phosphoric acid groups is 1. The van der Waals surface area contributed by atoms with E-state index < -0.39 is 13.9 Å². The average molecular weight is 473 g/mol. The summed E-state index contributed by atoms with van der Waals surface area (Å²) in [6.45, 7) is 7.66. The van der Waals surface area contributed by atoms with Crippen LogP contribution in [0.1, 0.15) is 39.5 Å². The first-order chi connectivity index (χ1) is 16.4. The van der Waals surface area contributed by atoms with Crippen molar-refractivity contribution in [2.45, 2.75) is 33.8 Å².